The Kier molecular flexibility index (Phi) is 3.67. The van der Waals surface area contributed by atoms with Gasteiger partial charge in [-0.25, -0.2) is 4.39 Å². The Morgan fingerprint density at radius 2 is 1.83 bits per heavy atom. The van der Waals surface area contributed by atoms with E-state index in [1.807, 2.05) is 0 Å². The molecule has 0 saturated heterocycles. The maximum Gasteiger partial charge on any atom is 0.125 e. The molecule has 18 heavy (non-hydrogen) atoms. The van der Waals surface area contributed by atoms with Gasteiger partial charge in [-0.3, -0.25) is 0 Å². The normalized spacial score (nSPS) is 10.1. The van der Waals surface area contributed by atoms with Crippen LogP contribution >= 0.6 is 0 Å². The molecular formula is C14H13FO3. The number of aromatic hydroxyl groups is 1. The minimum absolute atomic E-state index is 0.172. The Morgan fingerprint density at radius 3 is 2.50 bits per heavy atom. The van der Waals surface area contributed by atoms with Gasteiger partial charge in [-0.1, -0.05) is 0 Å². The van der Waals surface area contributed by atoms with Crippen molar-refractivity contribution in [3.8, 4) is 17.2 Å². The van der Waals surface area contributed by atoms with E-state index >= 15 is 0 Å². The lowest BCUT2D eigenvalue weighted by atomic mass is 10.2. The van der Waals surface area contributed by atoms with E-state index in [0.717, 1.165) is 0 Å². The molecule has 0 aliphatic heterocycles. The number of hydrogen-bond acceptors (Lipinski definition) is 3. The fraction of sp³-hybridized carbons (Fsp3) is 0.143. The first-order chi connectivity index (χ1) is 8.69. The third-order valence-electron chi connectivity index (χ3n) is 2.47. The van der Waals surface area contributed by atoms with Crippen molar-refractivity contribution in [2.24, 2.45) is 0 Å². The van der Waals surface area contributed by atoms with Crippen LogP contribution in [-0.4, -0.2) is 12.2 Å². The summed E-state index contributed by atoms with van der Waals surface area (Å²) >= 11 is 0. The number of hydrogen-bond donors (Lipinski definition) is 1. The van der Waals surface area contributed by atoms with Crippen LogP contribution in [-0.2, 0) is 6.61 Å². The summed E-state index contributed by atoms with van der Waals surface area (Å²) in [5, 5.41) is 9.14. The highest BCUT2D eigenvalue weighted by Crippen LogP contribution is 2.22. The monoisotopic (exact) mass is 248 g/mol. The minimum Gasteiger partial charge on any atom is -0.508 e. The van der Waals surface area contributed by atoms with Gasteiger partial charge in [0.05, 0.1) is 7.11 Å². The molecule has 0 unspecified atom stereocenters. The molecule has 2 aromatic rings. The second-order valence-electron chi connectivity index (χ2n) is 3.74. The predicted octanol–water partition coefficient (Wildman–Crippen LogP) is 3.12. The predicted molar refractivity (Wildman–Crippen MR) is 65.4 cm³/mol. The van der Waals surface area contributed by atoms with Gasteiger partial charge in [0.25, 0.3) is 0 Å². The van der Waals surface area contributed by atoms with E-state index in [1.54, 1.807) is 18.2 Å². The highest BCUT2D eigenvalue weighted by molar-refractivity contribution is 5.35. The van der Waals surface area contributed by atoms with E-state index in [-0.39, 0.29) is 18.2 Å². The van der Waals surface area contributed by atoms with E-state index in [1.165, 1.54) is 31.4 Å². The maximum absolute atomic E-state index is 13.1. The van der Waals surface area contributed by atoms with Gasteiger partial charge >= 0.3 is 0 Å². The Hall–Kier alpha value is -2.23. The summed E-state index contributed by atoms with van der Waals surface area (Å²) in [7, 11) is 1.53. The van der Waals surface area contributed by atoms with Crippen LogP contribution in [0.3, 0.4) is 0 Å². The molecule has 2 aromatic carbocycles. The molecule has 94 valence electrons. The summed E-state index contributed by atoms with van der Waals surface area (Å²) in [6, 6.07) is 10.6. The molecule has 0 heterocycles. The zero-order chi connectivity index (χ0) is 13.0. The van der Waals surface area contributed by atoms with Crippen molar-refractivity contribution in [3.63, 3.8) is 0 Å². The van der Waals surface area contributed by atoms with E-state index in [4.69, 9.17) is 14.6 Å². The summed E-state index contributed by atoms with van der Waals surface area (Å²) in [6.45, 7) is 0.200. The molecule has 4 heteroatoms. The number of rotatable bonds is 4. The lowest BCUT2D eigenvalue weighted by Crippen LogP contribution is -1.99. The van der Waals surface area contributed by atoms with E-state index < -0.39 is 0 Å². The number of halogens is 1. The van der Waals surface area contributed by atoms with Gasteiger partial charge in [0.2, 0.25) is 0 Å². The maximum atomic E-state index is 13.1. The van der Waals surface area contributed by atoms with Crippen LogP contribution in [0.15, 0.2) is 42.5 Å². The molecular weight excluding hydrogens is 235 g/mol. The number of methoxy groups -OCH3 is 1. The Labute approximate surface area is 104 Å². The molecule has 0 atom stereocenters. The minimum atomic E-state index is -0.333. The lowest BCUT2D eigenvalue weighted by molar-refractivity contribution is 0.295. The second-order valence-corrected chi connectivity index (χ2v) is 3.74. The Balaban J connectivity index is 2.09. The van der Waals surface area contributed by atoms with Crippen LogP contribution < -0.4 is 9.47 Å². The quantitative estimate of drug-likeness (QED) is 0.903. The van der Waals surface area contributed by atoms with Crippen molar-refractivity contribution >= 4 is 0 Å². The zero-order valence-corrected chi connectivity index (χ0v) is 9.89. The fourth-order valence-electron chi connectivity index (χ4n) is 1.56. The van der Waals surface area contributed by atoms with E-state index in [0.29, 0.717) is 17.1 Å². The Bertz CT molecular complexity index is 523. The highest BCUT2D eigenvalue weighted by Gasteiger charge is 2.05. The molecule has 2 rings (SSSR count). The number of ether oxygens (including phenoxy) is 2. The molecule has 0 saturated carbocycles. The van der Waals surface area contributed by atoms with Crippen molar-refractivity contribution < 1.29 is 19.0 Å². The van der Waals surface area contributed by atoms with Crippen molar-refractivity contribution in [3.05, 3.63) is 53.8 Å². The molecule has 0 fully saturated rings. The van der Waals surface area contributed by atoms with E-state index in [2.05, 4.69) is 0 Å². The summed E-state index contributed by atoms with van der Waals surface area (Å²) in [5.41, 5.74) is 0.630. The molecule has 0 aliphatic carbocycles. The lowest BCUT2D eigenvalue weighted by Gasteiger charge is -2.10. The first-order valence-electron chi connectivity index (χ1n) is 5.43. The SMILES string of the molecule is COc1ccc(F)cc1COc1ccc(O)cc1. The summed E-state index contributed by atoms with van der Waals surface area (Å²) in [4.78, 5) is 0. The number of benzene rings is 2. The first-order valence-corrected chi connectivity index (χ1v) is 5.43. The van der Waals surface area contributed by atoms with Crippen molar-refractivity contribution in [2.75, 3.05) is 7.11 Å². The zero-order valence-electron chi connectivity index (χ0n) is 9.89. The molecule has 1 N–H and O–H groups in total. The van der Waals surface area contributed by atoms with Crippen LogP contribution in [0.4, 0.5) is 4.39 Å². The number of phenolic OH excluding ortho intramolecular Hbond substituents is 1. The van der Waals surface area contributed by atoms with Crippen LogP contribution in [0.25, 0.3) is 0 Å². The third-order valence-corrected chi connectivity index (χ3v) is 2.47. The van der Waals surface area contributed by atoms with Crippen molar-refractivity contribution in [1.82, 2.24) is 0 Å². The molecule has 0 radical (unpaired) electrons. The van der Waals surface area contributed by atoms with Gasteiger partial charge in [0, 0.05) is 5.56 Å². The standard InChI is InChI=1S/C14H13FO3/c1-17-14-7-2-11(15)8-10(14)9-18-13-5-3-12(16)4-6-13/h2-8,16H,9H2,1H3. The van der Waals surface area contributed by atoms with Crippen molar-refractivity contribution in [1.29, 1.82) is 0 Å². The first kappa shape index (κ1) is 12.2. The van der Waals surface area contributed by atoms with Gasteiger partial charge in [0.1, 0.15) is 29.7 Å². The van der Waals surface area contributed by atoms with E-state index in [9.17, 15) is 4.39 Å². The summed E-state index contributed by atoms with van der Waals surface area (Å²) in [6.07, 6.45) is 0. The highest BCUT2D eigenvalue weighted by atomic mass is 19.1. The Morgan fingerprint density at radius 1 is 1.11 bits per heavy atom. The number of phenols is 1. The van der Waals surface area contributed by atoms with Crippen LogP contribution in [0, 0.1) is 5.82 Å². The topological polar surface area (TPSA) is 38.7 Å². The fourth-order valence-corrected chi connectivity index (χ4v) is 1.56. The molecule has 0 spiro atoms. The molecule has 0 aromatic heterocycles. The molecule has 0 aliphatic rings. The average Bonchev–Trinajstić information content (AvgIpc) is 2.38. The van der Waals surface area contributed by atoms with Crippen LogP contribution in [0.2, 0.25) is 0 Å². The van der Waals surface area contributed by atoms with Gasteiger partial charge in [-0.2, -0.15) is 0 Å². The summed E-state index contributed by atoms with van der Waals surface area (Å²) in [5.74, 6) is 1.01. The largest absolute Gasteiger partial charge is 0.508 e. The van der Waals surface area contributed by atoms with Gasteiger partial charge < -0.3 is 14.6 Å². The summed E-state index contributed by atoms with van der Waals surface area (Å²) < 4.78 is 23.7. The van der Waals surface area contributed by atoms with Gasteiger partial charge in [-0.15, -0.1) is 0 Å². The molecule has 0 amide bonds. The average molecular weight is 248 g/mol. The van der Waals surface area contributed by atoms with Crippen molar-refractivity contribution in [2.45, 2.75) is 6.61 Å². The van der Waals surface area contributed by atoms with Crippen LogP contribution in [0.5, 0.6) is 17.2 Å². The smallest absolute Gasteiger partial charge is 0.125 e. The van der Waals surface area contributed by atoms with Gasteiger partial charge in [0.15, 0.2) is 0 Å². The third kappa shape index (κ3) is 2.91. The van der Waals surface area contributed by atoms with Crippen LogP contribution in [0.1, 0.15) is 5.56 Å². The molecule has 3 nitrogen and oxygen atoms in total. The van der Waals surface area contributed by atoms with Gasteiger partial charge in [-0.05, 0) is 42.5 Å². The molecule has 0 bridgehead atoms. The second kappa shape index (κ2) is 5.40.